The molecule has 0 spiro atoms. The van der Waals surface area contributed by atoms with Crippen molar-refractivity contribution in [3.8, 4) is 0 Å². The number of aryl methyl sites for hydroxylation is 1. The van der Waals surface area contributed by atoms with Crippen LogP contribution in [0.25, 0.3) is 6.08 Å². The van der Waals surface area contributed by atoms with E-state index in [1.54, 1.807) is 6.20 Å². The van der Waals surface area contributed by atoms with Crippen LogP contribution in [0.3, 0.4) is 0 Å². The lowest BCUT2D eigenvalue weighted by atomic mass is 10.1. The zero-order valence-corrected chi connectivity index (χ0v) is 19.4. The van der Waals surface area contributed by atoms with Crippen molar-refractivity contribution >= 4 is 40.8 Å². The van der Waals surface area contributed by atoms with Gasteiger partial charge in [0.05, 0.1) is 34.4 Å². The molecule has 178 valence electrons. The van der Waals surface area contributed by atoms with Crippen molar-refractivity contribution < 1.29 is 18.4 Å². The smallest absolute Gasteiger partial charge is 0.254 e. The summed E-state index contributed by atoms with van der Waals surface area (Å²) in [6.45, 7) is 3.54. The number of nitrogens with zero attached hydrogens (tertiary/aromatic N) is 3. The second-order valence-corrected chi connectivity index (χ2v) is 7.59. The van der Waals surface area contributed by atoms with Gasteiger partial charge in [0, 0.05) is 38.6 Å². The third kappa shape index (κ3) is 5.45. The molecule has 3 heterocycles. The van der Waals surface area contributed by atoms with Crippen molar-refractivity contribution in [3.05, 3.63) is 65.3 Å². The number of carbonyl (C=O) groups is 2. The number of carbonyl (C=O) groups excluding carboxylic acids is 2. The molecule has 3 aromatic heterocycles. The highest BCUT2D eigenvalue weighted by molar-refractivity contribution is 6.05. The Balaban J connectivity index is 2.04. The molecule has 0 radical (unpaired) electrons. The van der Waals surface area contributed by atoms with E-state index in [4.69, 9.17) is 0 Å². The number of rotatable bonds is 9. The average molecular weight is 469 g/mol. The zero-order valence-electron chi connectivity index (χ0n) is 19.4. The number of nitrogens with one attached hydrogen (secondary N) is 3. The quantitative estimate of drug-likeness (QED) is 0.384. The van der Waals surface area contributed by atoms with E-state index in [1.165, 1.54) is 26.2 Å². The lowest BCUT2D eigenvalue weighted by Crippen LogP contribution is -2.19. The van der Waals surface area contributed by atoms with Crippen LogP contribution in [0.15, 0.2) is 36.8 Å². The van der Waals surface area contributed by atoms with Gasteiger partial charge in [0.15, 0.2) is 17.4 Å². The first kappa shape index (κ1) is 24.6. The fourth-order valence-electron chi connectivity index (χ4n) is 3.39. The highest BCUT2D eigenvalue weighted by Gasteiger charge is 2.20. The van der Waals surface area contributed by atoms with Crippen LogP contribution in [0.4, 0.5) is 31.8 Å². The van der Waals surface area contributed by atoms with Gasteiger partial charge in [0.25, 0.3) is 5.91 Å². The summed E-state index contributed by atoms with van der Waals surface area (Å²) in [5.74, 6) is -2.31. The summed E-state index contributed by atoms with van der Waals surface area (Å²) >= 11 is 0. The minimum absolute atomic E-state index is 0.147. The second-order valence-electron chi connectivity index (χ2n) is 7.59. The number of hydrogen-bond donors (Lipinski definition) is 3. The van der Waals surface area contributed by atoms with Gasteiger partial charge in [-0.15, -0.1) is 0 Å². The Morgan fingerprint density at radius 2 is 1.88 bits per heavy atom. The molecule has 0 aliphatic rings. The van der Waals surface area contributed by atoms with Crippen molar-refractivity contribution in [2.24, 2.45) is 7.05 Å². The molecule has 0 unspecified atom stereocenters. The molecule has 0 bridgehead atoms. The number of aromatic nitrogens is 3. The van der Waals surface area contributed by atoms with Crippen LogP contribution >= 0.6 is 0 Å². The minimum atomic E-state index is -0.892. The Morgan fingerprint density at radius 1 is 1.12 bits per heavy atom. The summed E-state index contributed by atoms with van der Waals surface area (Å²) in [5.41, 5.74) is 2.24. The highest BCUT2D eigenvalue weighted by atomic mass is 19.1. The number of amides is 1. The topological polar surface area (TPSA) is 101 Å². The summed E-state index contributed by atoms with van der Waals surface area (Å²) < 4.78 is 29.0. The first-order valence-electron chi connectivity index (χ1n) is 10.7. The number of halogens is 2. The molecule has 34 heavy (non-hydrogen) atoms. The average Bonchev–Trinajstić information content (AvgIpc) is 3.10. The van der Waals surface area contributed by atoms with E-state index in [0.29, 0.717) is 23.0 Å². The maximum atomic E-state index is 14.0. The van der Waals surface area contributed by atoms with Crippen molar-refractivity contribution in [2.75, 3.05) is 17.7 Å². The van der Waals surface area contributed by atoms with Gasteiger partial charge < -0.3 is 20.5 Å². The maximum absolute atomic E-state index is 14.0. The van der Waals surface area contributed by atoms with Gasteiger partial charge in [-0.1, -0.05) is 19.4 Å². The van der Waals surface area contributed by atoms with Gasteiger partial charge in [-0.25, -0.2) is 18.7 Å². The predicted molar refractivity (Wildman–Crippen MR) is 128 cm³/mol. The molecule has 0 atom stereocenters. The van der Waals surface area contributed by atoms with Crippen LogP contribution in [-0.2, 0) is 7.05 Å². The minimum Gasteiger partial charge on any atom is -0.355 e. The fourth-order valence-corrected chi connectivity index (χ4v) is 3.39. The van der Waals surface area contributed by atoms with Crippen molar-refractivity contribution in [2.45, 2.75) is 26.7 Å². The highest BCUT2D eigenvalue weighted by Crippen LogP contribution is 2.30. The Kier molecular flexibility index (Phi) is 7.72. The number of ketones is 1. The Bertz CT molecular complexity index is 1250. The zero-order chi connectivity index (χ0) is 24.8. The van der Waals surface area contributed by atoms with Crippen molar-refractivity contribution in [3.63, 3.8) is 0 Å². The Hall–Kier alpha value is -4.08. The molecule has 1 amide bonds. The number of unbranched alkanes of at least 4 members (excludes halogenated alkanes) is 1. The molecule has 0 fully saturated rings. The number of pyridine rings is 2. The molecule has 3 rings (SSSR count). The maximum Gasteiger partial charge on any atom is 0.254 e. The van der Waals surface area contributed by atoms with E-state index < -0.39 is 17.5 Å². The van der Waals surface area contributed by atoms with E-state index in [0.717, 1.165) is 24.7 Å². The van der Waals surface area contributed by atoms with E-state index in [9.17, 15) is 18.4 Å². The van der Waals surface area contributed by atoms with Crippen LogP contribution < -0.4 is 16.0 Å². The van der Waals surface area contributed by atoms with E-state index >= 15 is 0 Å². The second kappa shape index (κ2) is 10.7. The number of hydrogen-bond acceptors (Lipinski definition) is 6. The lowest BCUT2D eigenvalue weighted by molar-refractivity contribution is 0.0962. The van der Waals surface area contributed by atoms with E-state index in [-0.39, 0.29) is 23.0 Å². The summed E-state index contributed by atoms with van der Waals surface area (Å²) in [5, 5.41) is 8.37. The summed E-state index contributed by atoms with van der Waals surface area (Å²) in [4.78, 5) is 32.8. The van der Waals surface area contributed by atoms with Crippen LogP contribution in [-0.4, -0.2) is 33.3 Å². The Morgan fingerprint density at radius 3 is 2.53 bits per heavy atom. The number of anilines is 4. The molecular weight excluding hydrogens is 442 g/mol. The monoisotopic (exact) mass is 468 g/mol. The van der Waals surface area contributed by atoms with Gasteiger partial charge in [-0.2, -0.15) is 0 Å². The van der Waals surface area contributed by atoms with Crippen molar-refractivity contribution in [1.82, 2.24) is 19.9 Å². The standard InChI is InChI=1S/C24H26F2N6O2/c1-5-6-7-8-20-22(14(2)33)19(13-32(20)4)30-18-10-21(28-12-16(18)24(34)27-3)31-23-17(26)9-15(25)11-29-23/h7-13H,5-6H2,1-4H3,(H,27,34)(H2,28,29,30,31)/b8-7-. The molecule has 3 N–H and O–H groups in total. The molecule has 3 aromatic rings. The van der Waals surface area contributed by atoms with Crippen LogP contribution in [0.2, 0.25) is 0 Å². The lowest BCUT2D eigenvalue weighted by Gasteiger charge is -2.14. The first-order valence-corrected chi connectivity index (χ1v) is 10.7. The summed E-state index contributed by atoms with van der Waals surface area (Å²) in [6.07, 6.45) is 9.69. The first-order chi connectivity index (χ1) is 16.2. The third-order valence-electron chi connectivity index (χ3n) is 5.01. The molecule has 0 aliphatic carbocycles. The fraction of sp³-hybridized carbons (Fsp3) is 0.250. The van der Waals surface area contributed by atoms with Gasteiger partial charge in [0.2, 0.25) is 0 Å². The van der Waals surface area contributed by atoms with E-state index in [2.05, 4.69) is 32.8 Å². The van der Waals surface area contributed by atoms with Crippen LogP contribution in [0.1, 0.15) is 53.1 Å². The molecular formula is C24H26F2N6O2. The summed E-state index contributed by atoms with van der Waals surface area (Å²) in [7, 11) is 3.31. The van der Waals surface area contributed by atoms with Crippen molar-refractivity contribution in [1.29, 1.82) is 0 Å². The normalized spacial score (nSPS) is 11.0. The predicted octanol–water partition coefficient (Wildman–Crippen LogP) is 4.96. The molecule has 0 aromatic carbocycles. The van der Waals surface area contributed by atoms with E-state index in [1.807, 2.05) is 23.8 Å². The molecule has 0 saturated carbocycles. The molecule has 0 saturated heterocycles. The third-order valence-corrected chi connectivity index (χ3v) is 5.01. The number of allylic oxidation sites excluding steroid dienone is 1. The van der Waals surface area contributed by atoms with Gasteiger partial charge >= 0.3 is 0 Å². The van der Waals surface area contributed by atoms with Gasteiger partial charge in [-0.3, -0.25) is 9.59 Å². The summed E-state index contributed by atoms with van der Waals surface area (Å²) in [6, 6.07) is 2.18. The number of Topliss-reactive ketones (excluding diaryl/α,β-unsaturated/α-hetero) is 1. The van der Waals surface area contributed by atoms with Gasteiger partial charge in [-0.05, 0) is 19.4 Å². The molecule has 0 aliphatic heterocycles. The van der Waals surface area contributed by atoms with Gasteiger partial charge in [0.1, 0.15) is 11.6 Å². The largest absolute Gasteiger partial charge is 0.355 e. The Labute approximate surface area is 196 Å². The molecule has 10 heteroatoms. The van der Waals surface area contributed by atoms with Crippen LogP contribution in [0.5, 0.6) is 0 Å². The SMILES string of the molecule is CCC/C=C\c1c(C(C)=O)c(Nc2cc(Nc3ncc(F)cc3F)ncc2C(=O)NC)cn1C. The van der Waals surface area contributed by atoms with Crippen LogP contribution in [0, 0.1) is 11.6 Å². The molecule has 8 nitrogen and oxygen atoms in total.